The van der Waals surface area contributed by atoms with Crippen LogP contribution in [0.1, 0.15) is 51.7 Å². The van der Waals surface area contributed by atoms with Crippen LogP contribution in [0, 0.1) is 11.8 Å². The summed E-state index contributed by atoms with van der Waals surface area (Å²) in [5.74, 6) is -1.77. The Bertz CT molecular complexity index is 813. The second-order valence-electron chi connectivity index (χ2n) is 9.21. The Morgan fingerprint density at radius 1 is 0.824 bits per heavy atom. The second-order valence-corrected chi connectivity index (χ2v) is 9.21. The van der Waals surface area contributed by atoms with E-state index in [2.05, 4.69) is 32.6 Å². The fourth-order valence-corrected chi connectivity index (χ4v) is 3.87. The van der Waals surface area contributed by atoms with Gasteiger partial charge in [0.1, 0.15) is 5.60 Å². The van der Waals surface area contributed by atoms with E-state index in [1.165, 1.54) is 0 Å². The summed E-state index contributed by atoms with van der Waals surface area (Å²) in [4.78, 5) is 21.4. The first-order chi connectivity index (χ1) is 16.0. The average molecular weight is 468 g/mol. The minimum atomic E-state index is -1.55. The molecule has 186 valence electrons. The van der Waals surface area contributed by atoms with Crippen LogP contribution in [0.25, 0.3) is 0 Å². The lowest BCUT2D eigenvalue weighted by atomic mass is 9.82. The van der Waals surface area contributed by atoms with Crippen molar-refractivity contribution in [3.63, 3.8) is 0 Å². The number of benzene rings is 2. The highest BCUT2D eigenvalue weighted by Crippen LogP contribution is 2.34. The second kappa shape index (κ2) is 15.0. The van der Waals surface area contributed by atoms with Crippen LogP contribution in [0.2, 0.25) is 0 Å². The Labute approximate surface area is 203 Å². The van der Waals surface area contributed by atoms with Crippen LogP contribution in [0.4, 0.5) is 0 Å². The van der Waals surface area contributed by atoms with Crippen LogP contribution in [0.5, 0.6) is 0 Å². The topological polar surface area (TPSA) is 104 Å². The zero-order chi connectivity index (χ0) is 25.6. The average Bonchev–Trinajstić information content (AvgIpc) is 2.78. The molecule has 0 heterocycles. The summed E-state index contributed by atoms with van der Waals surface area (Å²) in [6.45, 7) is 12.4. The molecule has 0 saturated carbocycles. The Morgan fingerprint density at radius 3 is 1.53 bits per heavy atom. The Hall–Kier alpha value is -2.96. The number of carbonyl (C=O) groups excluding carboxylic acids is 2. The van der Waals surface area contributed by atoms with Gasteiger partial charge in [-0.25, -0.2) is 0 Å². The molecular formula is C28H37NO5-2. The number of carboxylic acid groups (broad SMARTS) is 2. The molecule has 0 amide bonds. The molecule has 0 fully saturated rings. The van der Waals surface area contributed by atoms with Gasteiger partial charge in [0, 0.05) is 13.1 Å². The summed E-state index contributed by atoms with van der Waals surface area (Å²) in [6, 6.07) is 20.2. The largest absolute Gasteiger partial charge is 0.545 e. The van der Waals surface area contributed by atoms with Crippen LogP contribution in [0.15, 0.2) is 72.8 Å². The van der Waals surface area contributed by atoms with Crippen LogP contribution in [0.3, 0.4) is 0 Å². The summed E-state index contributed by atoms with van der Waals surface area (Å²) in [6.07, 6.45) is 2.47. The predicted octanol–water partition coefficient (Wildman–Crippen LogP) is 2.36. The third-order valence-electron chi connectivity index (χ3n) is 5.12. The molecule has 2 rings (SSSR count). The van der Waals surface area contributed by atoms with Gasteiger partial charge < -0.3 is 29.8 Å². The summed E-state index contributed by atoms with van der Waals surface area (Å²) in [5.41, 5.74) is 1.03. The van der Waals surface area contributed by atoms with Gasteiger partial charge in [0.15, 0.2) is 0 Å². The first kappa shape index (κ1) is 29.1. The van der Waals surface area contributed by atoms with E-state index < -0.39 is 17.5 Å². The highest BCUT2D eigenvalue weighted by molar-refractivity contribution is 5.87. The van der Waals surface area contributed by atoms with Gasteiger partial charge in [-0.05, 0) is 54.5 Å². The highest BCUT2D eigenvalue weighted by Gasteiger charge is 2.31. The number of nitrogens with zero attached hydrogens (tertiary/aromatic N) is 1. The van der Waals surface area contributed by atoms with Crippen LogP contribution in [-0.4, -0.2) is 41.6 Å². The van der Waals surface area contributed by atoms with Crippen molar-refractivity contribution in [3.8, 4) is 0 Å². The molecule has 34 heavy (non-hydrogen) atoms. The van der Waals surface area contributed by atoms with Gasteiger partial charge in [-0.2, -0.15) is 0 Å². The third kappa shape index (κ3) is 11.3. The maximum absolute atomic E-state index is 11.6. The Kier molecular flexibility index (Phi) is 12.9. The standard InChI is InChI=1S/C24H35NO.C4H4O4/c1-20(2)18-25(19-21(3)4)17-11-16-24(26,22-12-7-5-8-13-22)23-14-9-6-10-15-23;5-3(6)1-2-4(7)8/h5-10,12-15,20-21,26H,11,16-19H2,1-4H3;1-2H,(H,5,6)(H,7,8)/p-2. The quantitative estimate of drug-likeness (QED) is 0.481. The fourth-order valence-electron chi connectivity index (χ4n) is 3.87. The van der Waals surface area contributed by atoms with Crippen LogP contribution < -0.4 is 10.2 Å². The van der Waals surface area contributed by atoms with Gasteiger partial charge in [0.2, 0.25) is 0 Å². The molecule has 0 saturated heterocycles. The lowest BCUT2D eigenvalue weighted by Gasteiger charge is -2.32. The molecule has 2 aromatic carbocycles. The lowest BCUT2D eigenvalue weighted by Crippen LogP contribution is -2.34. The molecule has 0 bridgehead atoms. The van der Waals surface area contributed by atoms with Crippen LogP contribution >= 0.6 is 0 Å². The Balaban J connectivity index is 0.000000620. The van der Waals surface area contributed by atoms with E-state index in [4.69, 9.17) is 0 Å². The van der Waals surface area contributed by atoms with E-state index in [0.29, 0.717) is 24.0 Å². The maximum Gasteiger partial charge on any atom is 0.115 e. The zero-order valence-corrected chi connectivity index (χ0v) is 20.6. The number of aliphatic carboxylic acids is 2. The highest BCUT2D eigenvalue weighted by atomic mass is 16.4. The van der Waals surface area contributed by atoms with E-state index in [1.807, 2.05) is 60.7 Å². The zero-order valence-electron chi connectivity index (χ0n) is 20.6. The van der Waals surface area contributed by atoms with Crippen molar-refractivity contribution in [3.05, 3.63) is 83.9 Å². The normalized spacial score (nSPS) is 11.6. The number of aliphatic hydroxyl groups is 1. The smallest absolute Gasteiger partial charge is 0.115 e. The van der Waals surface area contributed by atoms with Crippen molar-refractivity contribution in [2.24, 2.45) is 11.8 Å². The van der Waals surface area contributed by atoms with Crippen molar-refractivity contribution in [1.29, 1.82) is 0 Å². The van der Waals surface area contributed by atoms with Gasteiger partial charge in [0.25, 0.3) is 0 Å². The SMILES string of the molecule is CC(C)CN(CCCC(O)(c1ccccc1)c1ccccc1)CC(C)C.O=C([O-])C=CC(=O)[O-]. The van der Waals surface area contributed by atoms with Crippen LogP contribution in [-0.2, 0) is 15.2 Å². The molecule has 0 aliphatic carbocycles. The fraction of sp³-hybridized carbons (Fsp3) is 0.429. The maximum atomic E-state index is 11.6. The van der Waals surface area contributed by atoms with Gasteiger partial charge in [-0.3, -0.25) is 0 Å². The van der Waals surface area contributed by atoms with E-state index in [0.717, 1.165) is 43.6 Å². The number of hydrogen-bond acceptors (Lipinski definition) is 6. The van der Waals surface area contributed by atoms with E-state index in [1.54, 1.807) is 0 Å². The molecule has 0 unspecified atom stereocenters. The number of hydrogen-bond donors (Lipinski definition) is 1. The van der Waals surface area contributed by atoms with Gasteiger partial charge in [-0.1, -0.05) is 88.4 Å². The van der Waals surface area contributed by atoms with E-state index in [9.17, 15) is 24.9 Å². The molecule has 0 radical (unpaired) electrons. The molecule has 0 aromatic heterocycles. The molecular weight excluding hydrogens is 430 g/mol. The van der Waals surface area contributed by atoms with Gasteiger partial charge in [0.05, 0.1) is 11.9 Å². The van der Waals surface area contributed by atoms with E-state index in [-0.39, 0.29) is 0 Å². The number of carboxylic acids is 2. The lowest BCUT2D eigenvalue weighted by molar-refractivity contribution is -0.301. The molecule has 6 heteroatoms. The number of rotatable bonds is 12. The summed E-state index contributed by atoms with van der Waals surface area (Å²) in [5, 5.41) is 30.4. The monoisotopic (exact) mass is 467 g/mol. The molecule has 0 aliphatic heterocycles. The predicted molar refractivity (Wildman–Crippen MR) is 130 cm³/mol. The summed E-state index contributed by atoms with van der Waals surface area (Å²) >= 11 is 0. The van der Waals surface area contributed by atoms with E-state index >= 15 is 0 Å². The molecule has 1 N–H and O–H groups in total. The van der Waals surface area contributed by atoms with Crippen molar-refractivity contribution in [1.82, 2.24) is 4.90 Å². The molecule has 0 atom stereocenters. The molecule has 0 spiro atoms. The Morgan fingerprint density at radius 2 is 1.21 bits per heavy atom. The number of carbonyl (C=O) groups is 2. The van der Waals surface area contributed by atoms with Crippen molar-refractivity contribution >= 4 is 11.9 Å². The minimum absolute atomic E-state index is 0.384. The third-order valence-corrected chi connectivity index (χ3v) is 5.12. The van der Waals surface area contributed by atoms with Gasteiger partial charge >= 0.3 is 0 Å². The first-order valence-electron chi connectivity index (χ1n) is 11.7. The van der Waals surface area contributed by atoms with Gasteiger partial charge in [-0.15, -0.1) is 0 Å². The summed E-state index contributed by atoms with van der Waals surface area (Å²) in [7, 11) is 0. The van der Waals surface area contributed by atoms with Crippen molar-refractivity contribution in [2.75, 3.05) is 19.6 Å². The summed E-state index contributed by atoms with van der Waals surface area (Å²) < 4.78 is 0. The molecule has 6 nitrogen and oxygen atoms in total. The van der Waals surface area contributed by atoms with Crippen molar-refractivity contribution < 1.29 is 24.9 Å². The first-order valence-corrected chi connectivity index (χ1v) is 11.7. The molecule has 0 aliphatic rings. The van der Waals surface area contributed by atoms with Crippen molar-refractivity contribution in [2.45, 2.75) is 46.1 Å². The minimum Gasteiger partial charge on any atom is -0.545 e. The molecule has 2 aromatic rings.